The summed E-state index contributed by atoms with van der Waals surface area (Å²) < 4.78 is 0. The molecule has 0 fully saturated rings. The molecule has 0 aliphatic carbocycles. The zero-order chi connectivity index (χ0) is 21.6. The van der Waals surface area contributed by atoms with E-state index in [-0.39, 0.29) is 11.8 Å². The third-order valence-corrected chi connectivity index (χ3v) is 6.04. The molecule has 0 saturated carbocycles. The lowest BCUT2D eigenvalue weighted by Gasteiger charge is -2.20. The lowest BCUT2D eigenvalue weighted by molar-refractivity contribution is -0.127. The van der Waals surface area contributed by atoms with Crippen molar-refractivity contribution in [1.82, 2.24) is 5.32 Å². The first kappa shape index (κ1) is 20.9. The summed E-state index contributed by atoms with van der Waals surface area (Å²) in [7, 11) is 1.72. The fourth-order valence-electron chi connectivity index (χ4n) is 3.45. The summed E-state index contributed by atoms with van der Waals surface area (Å²) in [6.07, 6.45) is -0.669. The van der Waals surface area contributed by atoms with Gasteiger partial charge in [-0.25, -0.2) is 4.99 Å². The third kappa shape index (κ3) is 4.86. The van der Waals surface area contributed by atoms with Crippen LogP contribution in [0.15, 0.2) is 94.8 Å². The van der Waals surface area contributed by atoms with Gasteiger partial charge in [0.2, 0.25) is 12.1 Å². The molecule has 5 nitrogen and oxygen atoms in total. The third-order valence-electron chi connectivity index (χ3n) is 5.03. The molecule has 0 unspecified atom stereocenters. The van der Waals surface area contributed by atoms with Gasteiger partial charge in [0, 0.05) is 35.2 Å². The molecule has 0 aromatic heterocycles. The van der Waals surface area contributed by atoms with Crippen molar-refractivity contribution >= 4 is 35.0 Å². The first-order valence-corrected chi connectivity index (χ1v) is 11.1. The molecule has 0 saturated heterocycles. The van der Waals surface area contributed by atoms with Gasteiger partial charge in [0.15, 0.2) is 0 Å². The molecule has 0 bridgehead atoms. The van der Waals surface area contributed by atoms with Gasteiger partial charge in [-0.3, -0.25) is 9.59 Å². The van der Waals surface area contributed by atoms with Crippen LogP contribution in [0.4, 0.5) is 5.69 Å². The van der Waals surface area contributed by atoms with Crippen LogP contribution < -0.4 is 10.2 Å². The van der Waals surface area contributed by atoms with E-state index in [2.05, 4.69) is 5.32 Å². The summed E-state index contributed by atoms with van der Waals surface area (Å²) in [6.45, 7) is 0. The van der Waals surface area contributed by atoms with Crippen molar-refractivity contribution in [3.05, 3.63) is 96.1 Å². The number of carbonyl (C=O) groups excluding carboxylic acids is 2. The normalized spacial score (nSPS) is 15.6. The van der Waals surface area contributed by atoms with Gasteiger partial charge in [0.1, 0.15) is 0 Å². The van der Waals surface area contributed by atoms with Crippen LogP contribution in [0, 0.1) is 0 Å². The zero-order valence-corrected chi connectivity index (χ0v) is 18.0. The molecule has 1 aliphatic heterocycles. The van der Waals surface area contributed by atoms with Gasteiger partial charge in [0.25, 0.3) is 5.91 Å². The highest BCUT2D eigenvalue weighted by Gasteiger charge is 2.30. The van der Waals surface area contributed by atoms with Crippen molar-refractivity contribution < 1.29 is 9.59 Å². The summed E-state index contributed by atoms with van der Waals surface area (Å²) in [5.74, 6) is 0.168. The maximum absolute atomic E-state index is 13.1. The van der Waals surface area contributed by atoms with Crippen LogP contribution in [0.5, 0.6) is 0 Å². The SMILES string of the molecule is CN1C(=O)[C@H](NC(=O)CCSc2ccccc2)N=C(c2ccccc2)c2ccccc21. The number of anilines is 1. The van der Waals surface area contributed by atoms with E-state index in [0.717, 1.165) is 21.7 Å². The molecule has 0 radical (unpaired) electrons. The Morgan fingerprint density at radius 1 is 0.968 bits per heavy atom. The standard InChI is InChI=1S/C25H23N3O2S/c1-28-21-15-9-8-14-20(21)23(18-10-4-2-5-11-18)27-24(25(28)30)26-22(29)16-17-31-19-12-6-3-7-13-19/h2-15,24H,16-17H2,1H3,(H,26,29)/t24-/m1/s1. The fraction of sp³-hybridized carbons (Fsp3) is 0.160. The van der Waals surface area contributed by atoms with Crippen molar-refractivity contribution in [2.45, 2.75) is 17.5 Å². The molecule has 4 rings (SSSR count). The predicted octanol–water partition coefficient (Wildman–Crippen LogP) is 4.13. The Kier molecular flexibility index (Phi) is 6.48. The van der Waals surface area contributed by atoms with Crippen molar-refractivity contribution in [1.29, 1.82) is 0 Å². The molecule has 1 aliphatic rings. The van der Waals surface area contributed by atoms with E-state index in [1.165, 1.54) is 0 Å². The van der Waals surface area contributed by atoms with Gasteiger partial charge < -0.3 is 10.2 Å². The summed E-state index contributed by atoms with van der Waals surface area (Å²) >= 11 is 1.61. The Balaban J connectivity index is 1.55. The molecular formula is C25H23N3O2S. The zero-order valence-electron chi connectivity index (χ0n) is 17.2. The Labute approximate surface area is 186 Å². The number of hydrogen-bond donors (Lipinski definition) is 1. The Morgan fingerprint density at radius 2 is 1.61 bits per heavy atom. The minimum atomic E-state index is -0.971. The molecule has 1 heterocycles. The second-order valence-electron chi connectivity index (χ2n) is 7.14. The van der Waals surface area contributed by atoms with E-state index in [4.69, 9.17) is 4.99 Å². The maximum Gasteiger partial charge on any atom is 0.272 e. The number of aliphatic imine (C=N–C) groups is 1. The highest BCUT2D eigenvalue weighted by Crippen LogP contribution is 2.27. The number of benzodiazepines with no additional fused rings is 1. The Morgan fingerprint density at radius 3 is 2.35 bits per heavy atom. The maximum atomic E-state index is 13.1. The summed E-state index contributed by atoms with van der Waals surface area (Å²) in [6, 6.07) is 27.3. The number of fused-ring (bicyclic) bond motifs is 1. The molecule has 3 aromatic carbocycles. The number of benzene rings is 3. The number of nitrogens with zero attached hydrogens (tertiary/aromatic N) is 2. The topological polar surface area (TPSA) is 61.8 Å². The van der Waals surface area contributed by atoms with Crippen LogP contribution in [-0.4, -0.2) is 36.5 Å². The minimum Gasteiger partial charge on any atom is -0.326 e. The Bertz CT molecular complexity index is 1100. The average Bonchev–Trinajstić information content (AvgIpc) is 2.91. The van der Waals surface area contributed by atoms with Gasteiger partial charge in [-0.15, -0.1) is 11.8 Å². The van der Waals surface area contributed by atoms with Crippen LogP contribution in [0.1, 0.15) is 17.5 Å². The average molecular weight is 430 g/mol. The first-order valence-electron chi connectivity index (χ1n) is 10.1. The summed E-state index contributed by atoms with van der Waals surface area (Å²) in [5.41, 5.74) is 3.22. The van der Waals surface area contributed by atoms with Gasteiger partial charge in [-0.2, -0.15) is 0 Å². The highest BCUT2D eigenvalue weighted by molar-refractivity contribution is 7.99. The minimum absolute atomic E-state index is 0.197. The van der Waals surface area contributed by atoms with Crippen LogP contribution in [0.2, 0.25) is 0 Å². The number of thioether (sulfide) groups is 1. The fourth-order valence-corrected chi connectivity index (χ4v) is 4.32. The molecule has 31 heavy (non-hydrogen) atoms. The monoisotopic (exact) mass is 429 g/mol. The molecule has 0 spiro atoms. The van der Waals surface area contributed by atoms with Gasteiger partial charge >= 0.3 is 0 Å². The van der Waals surface area contributed by atoms with E-state index >= 15 is 0 Å². The number of likely N-dealkylation sites (N-methyl/N-ethyl adjacent to an activating group) is 1. The number of para-hydroxylation sites is 1. The van der Waals surface area contributed by atoms with Crippen molar-refractivity contribution in [2.24, 2.45) is 4.99 Å². The number of amides is 2. The van der Waals surface area contributed by atoms with Crippen LogP contribution in [0.3, 0.4) is 0 Å². The molecule has 2 amide bonds. The van der Waals surface area contributed by atoms with Gasteiger partial charge in [0.05, 0.1) is 11.4 Å². The van der Waals surface area contributed by atoms with E-state index in [1.807, 2.05) is 84.9 Å². The van der Waals surface area contributed by atoms with E-state index in [0.29, 0.717) is 17.9 Å². The van der Waals surface area contributed by atoms with E-state index < -0.39 is 6.17 Å². The van der Waals surface area contributed by atoms with Crippen molar-refractivity contribution in [2.75, 3.05) is 17.7 Å². The largest absolute Gasteiger partial charge is 0.326 e. The molecule has 1 atom stereocenters. The second kappa shape index (κ2) is 9.62. The lowest BCUT2D eigenvalue weighted by Crippen LogP contribution is -2.46. The molecule has 156 valence electrons. The van der Waals surface area contributed by atoms with Crippen LogP contribution >= 0.6 is 11.8 Å². The lowest BCUT2D eigenvalue weighted by atomic mass is 10.0. The first-order chi connectivity index (χ1) is 15.1. The van der Waals surface area contributed by atoms with E-state index in [1.54, 1.807) is 23.7 Å². The number of rotatable bonds is 6. The smallest absolute Gasteiger partial charge is 0.272 e. The highest BCUT2D eigenvalue weighted by atomic mass is 32.2. The molecule has 6 heteroatoms. The predicted molar refractivity (Wildman–Crippen MR) is 126 cm³/mol. The van der Waals surface area contributed by atoms with E-state index in [9.17, 15) is 9.59 Å². The van der Waals surface area contributed by atoms with Crippen LogP contribution in [0.25, 0.3) is 0 Å². The van der Waals surface area contributed by atoms with Gasteiger partial charge in [-0.1, -0.05) is 66.7 Å². The molecule has 3 aromatic rings. The van der Waals surface area contributed by atoms with Gasteiger partial charge in [-0.05, 0) is 18.2 Å². The number of hydrogen-bond acceptors (Lipinski definition) is 4. The molecule has 1 N–H and O–H groups in total. The summed E-state index contributed by atoms with van der Waals surface area (Å²) in [5, 5.41) is 2.83. The second-order valence-corrected chi connectivity index (χ2v) is 8.31. The summed E-state index contributed by atoms with van der Waals surface area (Å²) in [4.78, 5) is 33.1. The number of nitrogens with one attached hydrogen (secondary N) is 1. The van der Waals surface area contributed by atoms with Crippen molar-refractivity contribution in [3.8, 4) is 0 Å². The molecular weight excluding hydrogens is 406 g/mol. The number of carbonyl (C=O) groups is 2. The Hall–Kier alpha value is -3.38. The van der Waals surface area contributed by atoms with Crippen molar-refractivity contribution in [3.63, 3.8) is 0 Å². The quantitative estimate of drug-likeness (QED) is 0.600. The van der Waals surface area contributed by atoms with Crippen LogP contribution in [-0.2, 0) is 9.59 Å².